The van der Waals surface area contributed by atoms with E-state index in [1.807, 2.05) is 30.5 Å². The molecule has 0 unspecified atom stereocenters. The van der Waals surface area contributed by atoms with Crippen LogP contribution in [0.5, 0.6) is 0 Å². The van der Waals surface area contributed by atoms with Crippen LogP contribution in [0.15, 0.2) is 54.0 Å². The SMILES string of the molecule is CSC1=NN2C(=c3cc(Br)ccc3=N[C@H]2c2ccc(Br)o2)C(=O)N1. The number of carbonyl (C=O) groups is 1. The van der Waals surface area contributed by atoms with E-state index >= 15 is 0 Å². The number of hydrogen-bond donors (Lipinski definition) is 1. The van der Waals surface area contributed by atoms with Crippen LogP contribution in [-0.2, 0) is 4.79 Å². The molecule has 6 nitrogen and oxygen atoms in total. The van der Waals surface area contributed by atoms with Gasteiger partial charge in [-0.25, -0.2) is 10.0 Å². The van der Waals surface area contributed by atoms with Crippen LogP contribution < -0.4 is 15.9 Å². The lowest BCUT2D eigenvalue weighted by molar-refractivity contribution is -0.116. The molecule has 0 fully saturated rings. The van der Waals surface area contributed by atoms with Crippen LogP contribution in [0.25, 0.3) is 5.70 Å². The Morgan fingerprint density at radius 1 is 1.29 bits per heavy atom. The Balaban J connectivity index is 2.01. The second kappa shape index (κ2) is 6.05. The Morgan fingerprint density at radius 3 is 2.83 bits per heavy atom. The Kier molecular flexibility index (Phi) is 4.01. The third-order valence-electron chi connectivity index (χ3n) is 3.61. The van der Waals surface area contributed by atoms with Gasteiger partial charge in [-0.1, -0.05) is 27.7 Å². The van der Waals surface area contributed by atoms with Gasteiger partial charge in [0, 0.05) is 9.69 Å². The number of carbonyl (C=O) groups excluding carboxylic acids is 1. The fourth-order valence-corrected chi connectivity index (χ4v) is 3.64. The Hall–Kier alpha value is -1.58. The molecule has 0 radical (unpaired) electrons. The van der Waals surface area contributed by atoms with E-state index in [1.165, 1.54) is 11.8 Å². The van der Waals surface area contributed by atoms with Gasteiger partial charge in [0.15, 0.2) is 15.6 Å². The zero-order valence-electron chi connectivity index (χ0n) is 12.3. The first-order chi connectivity index (χ1) is 11.6. The number of furan rings is 1. The van der Waals surface area contributed by atoms with E-state index in [9.17, 15) is 4.79 Å². The van der Waals surface area contributed by atoms with Gasteiger partial charge in [0.1, 0.15) is 5.70 Å². The minimum Gasteiger partial charge on any atom is -0.450 e. The Morgan fingerprint density at radius 2 is 2.12 bits per heavy atom. The molecule has 24 heavy (non-hydrogen) atoms. The van der Waals surface area contributed by atoms with Crippen molar-refractivity contribution in [1.82, 2.24) is 10.3 Å². The number of amidine groups is 1. The summed E-state index contributed by atoms with van der Waals surface area (Å²) in [6, 6.07) is 9.25. The summed E-state index contributed by atoms with van der Waals surface area (Å²) in [5, 5.41) is 10.9. The molecule has 9 heteroatoms. The molecule has 1 aromatic heterocycles. The first-order valence-corrected chi connectivity index (χ1v) is 9.74. The van der Waals surface area contributed by atoms with Crippen molar-refractivity contribution in [2.24, 2.45) is 10.1 Å². The zero-order valence-corrected chi connectivity index (χ0v) is 16.3. The number of halogens is 2. The first-order valence-electron chi connectivity index (χ1n) is 6.93. The third-order valence-corrected chi connectivity index (χ3v) is 5.10. The van der Waals surface area contributed by atoms with E-state index in [0.29, 0.717) is 21.3 Å². The van der Waals surface area contributed by atoms with Gasteiger partial charge >= 0.3 is 0 Å². The van der Waals surface area contributed by atoms with Crippen molar-refractivity contribution in [3.8, 4) is 0 Å². The quantitative estimate of drug-likeness (QED) is 0.695. The molecule has 0 spiro atoms. The van der Waals surface area contributed by atoms with Gasteiger partial charge in [-0.15, -0.1) is 5.10 Å². The monoisotopic (exact) mass is 468 g/mol. The number of fused-ring (bicyclic) bond motifs is 2. The lowest BCUT2D eigenvalue weighted by Crippen LogP contribution is -2.50. The molecule has 1 amide bonds. The minimum atomic E-state index is -0.534. The molecule has 0 aliphatic carbocycles. The standard InChI is InChI=1S/C15H10Br2N4O2S/c1-24-15-19-14(22)12-8-6-7(16)2-3-9(8)18-13(21(12)20-15)10-4-5-11(17)23-10/h2-6,13H,1H3,(H,19,20,22)/t13-/m1/s1. The number of hydrazone groups is 1. The molecule has 122 valence electrons. The summed E-state index contributed by atoms with van der Waals surface area (Å²) in [6.45, 7) is 0. The summed E-state index contributed by atoms with van der Waals surface area (Å²) in [7, 11) is 0. The van der Waals surface area contributed by atoms with Crippen molar-refractivity contribution in [1.29, 1.82) is 0 Å². The van der Waals surface area contributed by atoms with E-state index in [-0.39, 0.29) is 5.91 Å². The summed E-state index contributed by atoms with van der Waals surface area (Å²) in [5.41, 5.74) is 0.455. The molecule has 0 saturated carbocycles. The van der Waals surface area contributed by atoms with E-state index in [0.717, 1.165) is 15.0 Å². The van der Waals surface area contributed by atoms with Gasteiger partial charge in [0.25, 0.3) is 5.91 Å². The highest BCUT2D eigenvalue weighted by Gasteiger charge is 2.35. The summed E-state index contributed by atoms with van der Waals surface area (Å²) in [6.07, 6.45) is 1.32. The average molecular weight is 470 g/mol. The van der Waals surface area contributed by atoms with E-state index < -0.39 is 6.17 Å². The maximum Gasteiger partial charge on any atom is 0.276 e. The van der Waals surface area contributed by atoms with Gasteiger partial charge in [0.05, 0.1) is 5.36 Å². The molecule has 2 aromatic rings. The van der Waals surface area contributed by atoms with E-state index in [1.54, 1.807) is 11.1 Å². The van der Waals surface area contributed by atoms with E-state index in [4.69, 9.17) is 9.41 Å². The smallest absolute Gasteiger partial charge is 0.276 e. The molecule has 1 N–H and O–H groups in total. The third kappa shape index (κ3) is 2.60. The highest BCUT2D eigenvalue weighted by molar-refractivity contribution is 9.10. The molecular weight excluding hydrogens is 460 g/mol. The normalized spacial score (nSPS) is 19.2. The van der Waals surface area contributed by atoms with Crippen molar-refractivity contribution >= 4 is 60.4 Å². The van der Waals surface area contributed by atoms with Gasteiger partial charge < -0.3 is 4.42 Å². The maximum absolute atomic E-state index is 12.7. The summed E-state index contributed by atoms with van der Waals surface area (Å²) < 4.78 is 7.14. The van der Waals surface area contributed by atoms with Gasteiger partial charge in [0.2, 0.25) is 6.17 Å². The van der Waals surface area contributed by atoms with Crippen molar-refractivity contribution < 1.29 is 9.21 Å². The number of nitrogens with zero attached hydrogens (tertiary/aromatic N) is 3. The molecule has 0 saturated heterocycles. The van der Waals surface area contributed by atoms with Crippen LogP contribution in [0.2, 0.25) is 0 Å². The number of thioether (sulfide) groups is 1. The van der Waals surface area contributed by atoms with Crippen molar-refractivity contribution in [3.63, 3.8) is 0 Å². The number of amides is 1. The number of rotatable bonds is 1. The lowest BCUT2D eigenvalue weighted by atomic mass is 10.1. The van der Waals surface area contributed by atoms with Crippen LogP contribution in [-0.4, -0.2) is 22.3 Å². The molecule has 3 heterocycles. The van der Waals surface area contributed by atoms with Crippen molar-refractivity contribution in [3.05, 3.63) is 55.8 Å². The summed E-state index contributed by atoms with van der Waals surface area (Å²) in [4.78, 5) is 17.4. The fraction of sp³-hybridized carbons (Fsp3) is 0.133. The number of hydrogen-bond acceptors (Lipinski definition) is 6. The highest BCUT2D eigenvalue weighted by Crippen LogP contribution is 2.32. The fourth-order valence-electron chi connectivity index (χ4n) is 2.60. The minimum absolute atomic E-state index is 0.209. The largest absolute Gasteiger partial charge is 0.450 e. The number of benzene rings is 1. The van der Waals surface area contributed by atoms with Crippen LogP contribution in [0.4, 0.5) is 0 Å². The average Bonchev–Trinajstić information content (AvgIpc) is 2.99. The van der Waals surface area contributed by atoms with Crippen LogP contribution >= 0.6 is 43.6 Å². The molecule has 2 aliphatic rings. The lowest BCUT2D eigenvalue weighted by Gasteiger charge is -2.32. The Labute approximate surface area is 157 Å². The summed E-state index contributed by atoms with van der Waals surface area (Å²) in [5.74, 6) is 0.395. The predicted octanol–water partition coefficient (Wildman–Crippen LogP) is 2.31. The second-order valence-electron chi connectivity index (χ2n) is 5.06. The van der Waals surface area contributed by atoms with Gasteiger partial charge in [-0.3, -0.25) is 10.1 Å². The first kappa shape index (κ1) is 15.9. The zero-order chi connectivity index (χ0) is 16.8. The number of nitrogens with one attached hydrogen (secondary N) is 1. The molecule has 1 atom stereocenters. The maximum atomic E-state index is 12.7. The molecule has 4 rings (SSSR count). The highest BCUT2D eigenvalue weighted by atomic mass is 79.9. The summed E-state index contributed by atoms with van der Waals surface area (Å²) >= 11 is 8.12. The predicted molar refractivity (Wildman–Crippen MR) is 98.4 cm³/mol. The second-order valence-corrected chi connectivity index (χ2v) is 7.55. The van der Waals surface area contributed by atoms with Crippen LogP contribution in [0.1, 0.15) is 11.9 Å². The van der Waals surface area contributed by atoms with Crippen LogP contribution in [0.3, 0.4) is 0 Å². The van der Waals surface area contributed by atoms with Crippen molar-refractivity contribution in [2.45, 2.75) is 6.17 Å². The van der Waals surface area contributed by atoms with Crippen molar-refractivity contribution in [2.75, 3.05) is 6.26 Å². The van der Waals surface area contributed by atoms with Crippen LogP contribution in [0, 0.1) is 0 Å². The van der Waals surface area contributed by atoms with Gasteiger partial charge in [-0.2, -0.15) is 0 Å². The topological polar surface area (TPSA) is 70.2 Å². The Bertz CT molecular complexity index is 1000. The molecule has 1 aromatic carbocycles. The van der Waals surface area contributed by atoms with Gasteiger partial charge in [-0.05, 0) is 52.5 Å². The van der Waals surface area contributed by atoms with E-state index in [2.05, 4.69) is 42.3 Å². The molecule has 2 aliphatic heterocycles. The molecule has 0 bridgehead atoms. The molecular formula is C15H10Br2N4O2S.